The summed E-state index contributed by atoms with van der Waals surface area (Å²) in [5.74, 6) is 2.42. The molecule has 1 saturated heterocycles. The number of rotatable bonds is 6. The molecule has 6 nitrogen and oxygen atoms in total. The lowest BCUT2D eigenvalue weighted by Crippen LogP contribution is -2.53. The van der Waals surface area contributed by atoms with Gasteiger partial charge >= 0.3 is 0 Å². The van der Waals surface area contributed by atoms with Crippen LogP contribution in [-0.4, -0.2) is 69.4 Å². The zero-order valence-electron chi connectivity index (χ0n) is 16.2. The summed E-state index contributed by atoms with van der Waals surface area (Å²) in [6.45, 7) is 9.85. The molecule has 6 heteroatoms. The Morgan fingerprint density at radius 1 is 1.23 bits per heavy atom. The maximum atomic E-state index is 5.99. The lowest BCUT2D eigenvalue weighted by atomic mass is 10.0. The first-order valence-corrected chi connectivity index (χ1v) is 9.68. The molecule has 2 aliphatic rings. The fourth-order valence-electron chi connectivity index (χ4n) is 3.70. The first kappa shape index (κ1) is 19.0. The fraction of sp³-hybridized carbons (Fsp3) is 0.650. The van der Waals surface area contributed by atoms with Crippen LogP contribution in [0.25, 0.3) is 0 Å². The summed E-state index contributed by atoms with van der Waals surface area (Å²) in [6, 6.07) is 8.74. The summed E-state index contributed by atoms with van der Waals surface area (Å²) in [5.41, 5.74) is 1.29. The Morgan fingerprint density at radius 3 is 2.69 bits per heavy atom. The van der Waals surface area contributed by atoms with E-state index in [9.17, 15) is 0 Å². The van der Waals surface area contributed by atoms with Crippen LogP contribution in [0.15, 0.2) is 29.3 Å². The van der Waals surface area contributed by atoms with Crippen molar-refractivity contribution < 1.29 is 9.47 Å². The second-order valence-corrected chi connectivity index (χ2v) is 7.35. The van der Waals surface area contributed by atoms with E-state index in [1.54, 1.807) is 0 Å². The number of para-hydroxylation sites is 1. The van der Waals surface area contributed by atoms with Gasteiger partial charge in [0.15, 0.2) is 5.96 Å². The van der Waals surface area contributed by atoms with Gasteiger partial charge in [-0.2, -0.15) is 0 Å². The van der Waals surface area contributed by atoms with Gasteiger partial charge in [0.1, 0.15) is 11.9 Å². The van der Waals surface area contributed by atoms with Crippen molar-refractivity contribution in [1.82, 2.24) is 15.5 Å². The molecule has 144 valence electrons. The molecule has 3 rings (SSSR count). The van der Waals surface area contributed by atoms with E-state index in [2.05, 4.69) is 46.5 Å². The molecule has 2 aliphatic heterocycles. The average molecular weight is 361 g/mol. The lowest BCUT2D eigenvalue weighted by Gasteiger charge is -2.37. The lowest BCUT2D eigenvalue weighted by molar-refractivity contribution is 0.00751. The largest absolute Gasteiger partial charge is 0.488 e. The van der Waals surface area contributed by atoms with Crippen LogP contribution in [-0.2, 0) is 11.2 Å². The number of aliphatic imine (C=N–C) groups is 1. The van der Waals surface area contributed by atoms with Crippen molar-refractivity contribution in [3.8, 4) is 5.75 Å². The third-order valence-corrected chi connectivity index (χ3v) is 5.20. The van der Waals surface area contributed by atoms with Gasteiger partial charge in [0.2, 0.25) is 0 Å². The van der Waals surface area contributed by atoms with E-state index in [1.165, 1.54) is 5.56 Å². The van der Waals surface area contributed by atoms with Crippen molar-refractivity contribution in [2.24, 2.45) is 10.9 Å². The van der Waals surface area contributed by atoms with E-state index >= 15 is 0 Å². The molecule has 1 aromatic rings. The second kappa shape index (κ2) is 9.24. The van der Waals surface area contributed by atoms with Crippen molar-refractivity contribution >= 4 is 5.96 Å². The van der Waals surface area contributed by atoms with Gasteiger partial charge < -0.3 is 20.1 Å². The molecule has 0 spiro atoms. The summed E-state index contributed by atoms with van der Waals surface area (Å²) in [5, 5.41) is 6.91. The van der Waals surface area contributed by atoms with Crippen LogP contribution in [0.3, 0.4) is 0 Å². The third-order valence-electron chi connectivity index (χ3n) is 5.20. The number of hydrogen-bond acceptors (Lipinski definition) is 4. The number of hydrogen-bond donors (Lipinski definition) is 2. The van der Waals surface area contributed by atoms with E-state index in [0.29, 0.717) is 12.0 Å². The summed E-state index contributed by atoms with van der Waals surface area (Å²) >= 11 is 0. The molecule has 0 saturated carbocycles. The standard InChI is InChI=1S/C20H32N4O2/c1-15(2)18(24-8-10-25-11-9-24)14-23-20(21-3)22-13-17-12-16-6-4-5-7-19(16)26-17/h4-7,15,17-18H,8-14H2,1-3H3,(H2,21,22,23). The van der Waals surface area contributed by atoms with Gasteiger partial charge in [-0.05, 0) is 17.5 Å². The average Bonchev–Trinajstić information content (AvgIpc) is 3.08. The normalized spacial score (nSPS) is 22.0. The van der Waals surface area contributed by atoms with E-state index in [1.807, 2.05) is 19.2 Å². The first-order valence-electron chi connectivity index (χ1n) is 9.68. The zero-order valence-corrected chi connectivity index (χ0v) is 16.2. The molecule has 0 amide bonds. The van der Waals surface area contributed by atoms with Crippen LogP contribution in [0, 0.1) is 5.92 Å². The van der Waals surface area contributed by atoms with Crippen molar-refractivity contribution in [1.29, 1.82) is 0 Å². The Labute approximate surface area is 157 Å². The highest BCUT2D eigenvalue weighted by atomic mass is 16.5. The molecular weight excluding hydrogens is 328 g/mol. The Hall–Kier alpha value is -1.79. The Bertz CT molecular complexity index is 574. The predicted molar refractivity (Wildman–Crippen MR) is 105 cm³/mol. The first-order chi connectivity index (χ1) is 12.7. The van der Waals surface area contributed by atoms with Gasteiger partial charge in [-0.25, -0.2) is 0 Å². The fourth-order valence-corrected chi connectivity index (χ4v) is 3.70. The number of ether oxygens (including phenoxy) is 2. The highest BCUT2D eigenvalue weighted by molar-refractivity contribution is 5.79. The van der Waals surface area contributed by atoms with Crippen LogP contribution < -0.4 is 15.4 Å². The Morgan fingerprint density at radius 2 is 2.00 bits per heavy atom. The van der Waals surface area contributed by atoms with Crippen molar-refractivity contribution in [3.63, 3.8) is 0 Å². The molecule has 2 atom stereocenters. The number of nitrogens with one attached hydrogen (secondary N) is 2. The highest BCUT2D eigenvalue weighted by Gasteiger charge is 2.25. The molecule has 1 aromatic carbocycles. The van der Waals surface area contributed by atoms with Gasteiger partial charge in [0, 0.05) is 39.1 Å². The molecule has 0 bridgehead atoms. The SMILES string of the molecule is CN=C(NCC1Cc2ccccc2O1)NCC(C(C)C)N1CCOCC1. The summed E-state index contributed by atoms with van der Waals surface area (Å²) in [4.78, 5) is 6.89. The quantitative estimate of drug-likeness (QED) is 0.595. The maximum Gasteiger partial charge on any atom is 0.191 e. The number of benzene rings is 1. The molecular formula is C20H32N4O2. The molecule has 2 N–H and O–H groups in total. The van der Waals surface area contributed by atoms with E-state index in [0.717, 1.165) is 57.5 Å². The Kier molecular flexibility index (Phi) is 6.74. The molecule has 0 aliphatic carbocycles. The zero-order chi connectivity index (χ0) is 18.4. The van der Waals surface area contributed by atoms with Gasteiger partial charge in [-0.1, -0.05) is 32.0 Å². The van der Waals surface area contributed by atoms with Crippen LogP contribution in [0.1, 0.15) is 19.4 Å². The molecule has 0 radical (unpaired) electrons. The van der Waals surface area contributed by atoms with Crippen molar-refractivity contribution in [2.45, 2.75) is 32.4 Å². The highest BCUT2D eigenvalue weighted by Crippen LogP contribution is 2.27. The topological polar surface area (TPSA) is 58.1 Å². The summed E-state index contributed by atoms with van der Waals surface area (Å²) in [6.07, 6.45) is 1.11. The molecule has 0 aromatic heterocycles. The van der Waals surface area contributed by atoms with Crippen LogP contribution in [0.4, 0.5) is 0 Å². The second-order valence-electron chi connectivity index (χ2n) is 7.35. The van der Waals surface area contributed by atoms with Crippen LogP contribution in [0.2, 0.25) is 0 Å². The molecule has 26 heavy (non-hydrogen) atoms. The van der Waals surface area contributed by atoms with E-state index in [4.69, 9.17) is 9.47 Å². The van der Waals surface area contributed by atoms with Gasteiger partial charge in [0.05, 0.1) is 19.8 Å². The minimum absolute atomic E-state index is 0.158. The molecule has 2 heterocycles. The Balaban J connectivity index is 1.45. The number of nitrogens with zero attached hydrogens (tertiary/aromatic N) is 2. The minimum Gasteiger partial charge on any atom is -0.488 e. The number of morpholine rings is 1. The summed E-state index contributed by atoms with van der Waals surface area (Å²) in [7, 11) is 1.82. The van der Waals surface area contributed by atoms with Gasteiger partial charge in [0.25, 0.3) is 0 Å². The van der Waals surface area contributed by atoms with E-state index in [-0.39, 0.29) is 6.10 Å². The van der Waals surface area contributed by atoms with Crippen LogP contribution >= 0.6 is 0 Å². The number of fused-ring (bicyclic) bond motifs is 1. The van der Waals surface area contributed by atoms with Gasteiger partial charge in [-0.3, -0.25) is 9.89 Å². The van der Waals surface area contributed by atoms with Gasteiger partial charge in [-0.15, -0.1) is 0 Å². The molecule has 2 unspecified atom stereocenters. The summed E-state index contributed by atoms with van der Waals surface area (Å²) < 4.78 is 11.5. The number of guanidine groups is 1. The maximum absolute atomic E-state index is 5.99. The minimum atomic E-state index is 0.158. The monoisotopic (exact) mass is 360 g/mol. The predicted octanol–water partition coefficient (Wildman–Crippen LogP) is 1.51. The smallest absolute Gasteiger partial charge is 0.191 e. The van der Waals surface area contributed by atoms with Crippen molar-refractivity contribution in [3.05, 3.63) is 29.8 Å². The van der Waals surface area contributed by atoms with Crippen molar-refractivity contribution in [2.75, 3.05) is 46.4 Å². The van der Waals surface area contributed by atoms with Crippen LogP contribution in [0.5, 0.6) is 5.75 Å². The van der Waals surface area contributed by atoms with E-state index < -0.39 is 0 Å². The molecule has 1 fully saturated rings. The third kappa shape index (κ3) is 4.89.